The first-order valence-corrected chi connectivity index (χ1v) is 3.30. The minimum atomic E-state index is 0.560. The second kappa shape index (κ2) is 2.17. The Balaban J connectivity index is 2.84. The fourth-order valence-electron chi connectivity index (χ4n) is 0.444. The summed E-state index contributed by atoms with van der Waals surface area (Å²) in [5, 5.41) is 3.88. The first-order valence-electron chi connectivity index (χ1n) is 2.18. The predicted molar refractivity (Wildman–Crippen MR) is 35.6 cm³/mol. The molecule has 0 aliphatic carbocycles. The molecule has 4 heteroatoms. The van der Waals surface area contributed by atoms with Crippen molar-refractivity contribution < 1.29 is 0 Å². The lowest BCUT2D eigenvalue weighted by atomic mass is 10.7. The van der Waals surface area contributed by atoms with Crippen LogP contribution in [0.15, 0.2) is 12.3 Å². The number of nitrogens with two attached hydrogens (primary N) is 1. The van der Waals surface area contributed by atoms with E-state index < -0.39 is 0 Å². The van der Waals surface area contributed by atoms with Gasteiger partial charge in [-0.1, -0.05) is 15.9 Å². The number of anilines is 1. The van der Waals surface area contributed by atoms with Gasteiger partial charge in [0.15, 0.2) is 0 Å². The summed E-state index contributed by atoms with van der Waals surface area (Å²) >= 11 is 3.22. The Bertz CT molecular complexity index is 172. The van der Waals surface area contributed by atoms with Gasteiger partial charge in [0.25, 0.3) is 0 Å². The maximum atomic E-state index is 5.30. The van der Waals surface area contributed by atoms with E-state index in [-0.39, 0.29) is 0 Å². The standard InChI is InChI=1S/C4H6BrN3/c5-3-8-2-1-4(6)7-8/h1-2H,3H2,(H2,6,7). The average Bonchev–Trinajstić information content (AvgIpc) is 2.14. The summed E-state index contributed by atoms with van der Waals surface area (Å²) in [6, 6.07) is 1.75. The molecule has 0 aromatic carbocycles. The van der Waals surface area contributed by atoms with Gasteiger partial charge in [-0.15, -0.1) is 0 Å². The van der Waals surface area contributed by atoms with E-state index in [0.717, 1.165) is 0 Å². The van der Waals surface area contributed by atoms with E-state index >= 15 is 0 Å². The fraction of sp³-hybridized carbons (Fsp3) is 0.250. The van der Waals surface area contributed by atoms with Crippen molar-refractivity contribution in [3.05, 3.63) is 12.3 Å². The van der Waals surface area contributed by atoms with Gasteiger partial charge in [0, 0.05) is 6.20 Å². The summed E-state index contributed by atoms with van der Waals surface area (Å²) < 4.78 is 1.70. The summed E-state index contributed by atoms with van der Waals surface area (Å²) in [5.74, 6) is 0.560. The highest BCUT2D eigenvalue weighted by Crippen LogP contribution is 1.96. The molecule has 0 amide bonds. The normalized spacial score (nSPS) is 9.62. The van der Waals surface area contributed by atoms with Crippen molar-refractivity contribution in [1.82, 2.24) is 9.78 Å². The van der Waals surface area contributed by atoms with Crippen LogP contribution < -0.4 is 5.73 Å². The summed E-state index contributed by atoms with van der Waals surface area (Å²) in [5.41, 5.74) is 6.00. The van der Waals surface area contributed by atoms with E-state index in [1.54, 1.807) is 10.7 Å². The second-order valence-corrected chi connectivity index (χ2v) is 1.90. The number of rotatable bonds is 1. The predicted octanol–water partition coefficient (Wildman–Crippen LogP) is 0.818. The molecule has 1 rings (SSSR count). The molecule has 0 saturated heterocycles. The maximum Gasteiger partial charge on any atom is 0.145 e. The Kier molecular flexibility index (Phi) is 1.53. The van der Waals surface area contributed by atoms with Gasteiger partial charge in [0.05, 0.1) is 5.45 Å². The number of hydrogen-bond acceptors (Lipinski definition) is 2. The van der Waals surface area contributed by atoms with Crippen LogP contribution in [0.2, 0.25) is 0 Å². The topological polar surface area (TPSA) is 43.8 Å². The van der Waals surface area contributed by atoms with Crippen LogP contribution in [0.5, 0.6) is 0 Å². The van der Waals surface area contributed by atoms with Crippen molar-refractivity contribution in [2.45, 2.75) is 5.45 Å². The Hall–Kier alpha value is -0.510. The number of nitrogens with zero attached hydrogens (tertiary/aromatic N) is 2. The van der Waals surface area contributed by atoms with Gasteiger partial charge in [0.1, 0.15) is 5.82 Å². The van der Waals surface area contributed by atoms with E-state index in [9.17, 15) is 0 Å². The lowest BCUT2D eigenvalue weighted by Crippen LogP contribution is -1.93. The van der Waals surface area contributed by atoms with Crippen LogP contribution in [0.25, 0.3) is 0 Å². The molecule has 0 radical (unpaired) electrons. The van der Waals surface area contributed by atoms with Crippen LogP contribution in [0, 0.1) is 0 Å². The Morgan fingerprint density at radius 3 is 2.88 bits per heavy atom. The minimum Gasteiger partial charge on any atom is -0.382 e. The molecule has 44 valence electrons. The molecular weight excluding hydrogens is 170 g/mol. The minimum absolute atomic E-state index is 0.560. The smallest absolute Gasteiger partial charge is 0.145 e. The molecule has 1 aromatic rings. The van der Waals surface area contributed by atoms with Crippen molar-refractivity contribution >= 4 is 21.7 Å². The number of hydrogen-bond donors (Lipinski definition) is 1. The van der Waals surface area contributed by atoms with Gasteiger partial charge < -0.3 is 5.73 Å². The second-order valence-electron chi connectivity index (χ2n) is 1.40. The van der Waals surface area contributed by atoms with E-state index in [1.807, 2.05) is 6.20 Å². The maximum absolute atomic E-state index is 5.30. The van der Waals surface area contributed by atoms with Crippen molar-refractivity contribution in [3.8, 4) is 0 Å². The Morgan fingerprint density at radius 2 is 2.62 bits per heavy atom. The third-order valence-corrected chi connectivity index (χ3v) is 1.30. The van der Waals surface area contributed by atoms with Gasteiger partial charge in [0.2, 0.25) is 0 Å². The molecule has 0 spiro atoms. The first-order chi connectivity index (χ1) is 3.83. The van der Waals surface area contributed by atoms with E-state index in [2.05, 4.69) is 21.0 Å². The van der Waals surface area contributed by atoms with Crippen molar-refractivity contribution in [3.63, 3.8) is 0 Å². The van der Waals surface area contributed by atoms with Gasteiger partial charge in [-0.25, -0.2) is 0 Å². The Labute approximate surface area is 55.6 Å². The van der Waals surface area contributed by atoms with Crippen molar-refractivity contribution in [2.75, 3.05) is 5.73 Å². The fourth-order valence-corrected chi connectivity index (χ4v) is 0.723. The highest BCUT2D eigenvalue weighted by molar-refractivity contribution is 9.08. The zero-order valence-corrected chi connectivity index (χ0v) is 5.80. The molecule has 8 heavy (non-hydrogen) atoms. The van der Waals surface area contributed by atoms with E-state index in [4.69, 9.17) is 5.73 Å². The van der Waals surface area contributed by atoms with Gasteiger partial charge in [-0.05, 0) is 6.07 Å². The molecule has 0 fully saturated rings. The van der Waals surface area contributed by atoms with Gasteiger partial charge in [-0.3, -0.25) is 4.68 Å². The molecule has 2 N–H and O–H groups in total. The van der Waals surface area contributed by atoms with Crippen LogP contribution in [0.3, 0.4) is 0 Å². The van der Waals surface area contributed by atoms with Gasteiger partial charge >= 0.3 is 0 Å². The van der Waals surface area contributed by atoms with Crippen LogP contribution in [0.4, 0.5) is 5.82 Å². The molecule has 1 heterocycles. The molecule has 1 aromatic heterocycles. The van der Waals surface area contributed by atoms with Crippen LogP contribution in [0.1, 0.15) is 0 Å². The van der Waals surface area contributed by atoms with Crippen LogP contribution in [-0.2, 0) is 5.45 Å². The molecule has 0 saturated carbocycles. The number of aromatic nitrogens is 2. The summed E-state index contributed by atoms with van der Waals surface area (Å²) in [6.45, 7) is 0. The molecule has 0 aliphatic rings. The molecule has 0 unspecified atom stereocenters. The largest absolute Gasteiger partial charge is 0.382 e. The molecular formula is C4H6BrN3. The molecule has 0 aliphatic heterocycles. The van der Waals surface area contributed by atoms with Crippen molar-refractivity contribution in [1.29, 1.82) is 0 Å². The zero-order valence-electron chi connectivity index (χ0n) is 4.21. The van der Waals surface area contributed by atoms with Crippen LogP contribution >= 0.6 is 15.9 Å². The summed E-state index contributed by atoms with van der Waals surface area (Å²) in [7, 11) is 0. The SMILES string of the molecule is Nc1ccn(CBr)n1. The van der Waals surface area contributed by atoms with E-state index in [0.29, 0.717) is 11.3 Å². The summed E-state index contributed by atoms with van der Waals surface area (Å²) in [6.07, 6.45) is 1.81. The highest BCUT2D eigenvalue weighted by atomic mass is 79.9. The quantitative estimate of drug-likeness (QED) is 0.643. The van der Waals surface area contributed by atoms with Crippen molar-refractivity contribution in [2.24, 2.45) is 0 Å². The third kappa shape index (κ3) is 1.01. The number of alkyl halides is 1. The highest BCUT2D eigenvalue weighted by Gasteiger charge is 1.87. The number of nitrogen functional groups attached to an aromatic ring is 1. The lowest BCUT2D eigenvalue weighted by Gasteiger charge is -1.87. The average molecular weight is 176 g/mol. The number of halogens is 1. The monoisotopic (exact) mass is 175 g/mol. The lowest BCUT2D eigenvalue weighted by molar-refractivity contribution is 0.763. The first kappa shape index (κ1) is 5.62. The summed E-state index contributed by atoms with van der Waals surface area (Å²) in [4.78, 5) is 0. The van der Waals surface area contributed by atoms with E-state index in [1.165, 1.54) is 0 Å². The Morgan fingerprint density at radius 1 is 1.88 bits per heavy atom. The van der Waals surface area contributed by atoms with Crippen LogP contribution in [-0.4, -0.2) is 9.78 Å². The molecule has 0 atom stereocenters. The third-order valence-electron chi connectivity index (χ3n) is 0.784. The van der Waals surface area contributed by atoms with Gasteiger partial charge in [-0.2, -0.15) is 5.10 Å². The molecule has 0 bridgehead atoms. The zero-order chi connectivity index (χ0) is 5.98. The molecule has 3 nitrogen and oxygen atoms in total.